The van der Waals surface area contributed by atoms with Crippen molar-refractivity contribution in [3.8, 4) is 0 Å². The maximum atomic E-state index is 12.8. The monoisotopic (exact) mass is 446 g/mol. The first kappa shape index (κ1) is 22.5. The van der Waals surface area contributed by atoms with E-state index in [1.54, 1.807) is 54.6 Å². The van der Waals surface area contributed by atoms with Crippen LogP contribution in [0.5, 0.6) is 0 Å². The van der Waals surface area contributed by atoms with Gasteiger partial charge in [-0.05, 0) is 49.4 Å². The summed E-state index contributed by atoms with van der Waals surface area (Å²) in [5.41, 5.74) is -1.32. The van der Waals surface area contributed by atoms with E-state index in [9.17, 15) is 19.2 Å². The summed E-state index contributed by atoms with van der Waals surface area (Å²) in [6.45, 7) is 2.10. The van der Waals surface area contributed by atoms with Gasteiger partial charge in [0.05, 0.1) is 5.56 Å². The first-order chi connectivity index (χ1) is 15.9. The Morgan fingerprint density at radius 1 is 1.03 bits per heavy atom. The number of ether oxygens (including phenoxy) is 1. The third kappa shape index (κ3) is 5.03. The summed E-state index contributed by atoms with van der Waals surface area (Å²) in [5, 5.41) is 0. The number of rotatable bonds is 5. The Bertz CT molecular complexity index is 1230. The zero-order valence-corrected chi connectivity index (χ0v) is 18.5. The third-order valence-corrected chi connectivity index (χ3v) is 6.09. The highest BCUT2D eigenvalue weighted by molar-refractivity contribution is 5.95. The topological polar surface area (TPSA) is 98.2 Å². The Morgan fingerprint density at radius 3 is 2.27 bits per heavy atom. The average molecular weight is 447 g/mol. The van der Waals surface area contributed by atoms with Crippen molar-refractivity contribution in [2.75, 3.05) is 0 Å². The second kappa shape index (κ2) is 9.40. The van der Waals surface area contributed by atoms with E-state index in [0.717, 1.165) is 12.8 Å². The molecule has 33 heavy (non-hydrogen) atoms. The van der Waals surface area contributed by atoms with Gasteiger partial charge in [0.1, 0.15) is 5.60 Å². The fourth-order valence-electron chi connectivity index (χ4n) is 4.62. The molecule has 0 bridgehead atoms. The average Bonchev–Trinajstić information content (AvgIpc) is 2.79. The summed E-state index contributed by atoms with van der Waals surface area (Å²) >= 11 is 0. The maximum Gasteiger partial charge on any atom is 0.338 e. The fourth-order valence-corrected chi connectivity index (χ4v) is 4.62. The van der Waals surface area contributed by atoms with Crippen molar-refractivity contribution in [2.45, 2.75) is 44.6 Å². The smallest absolute Gasteiger partial charge is 0.338 e. The molecule has 1 fully saturated rings. The Labute approximate surface area is 191 Å². The molecule has 2 aromatic carbocycles. The van der Waals surface area contributed by atoms with Crippen LogP contribution in [0.2, 0.25) is 0 Å². The van der Waals surface area contributed by atoms with Gasteiger partial charge in [0.2, 0.25) is 0 Å². The van der Waals surface area contributed by atoms with E-state index in [-0.39, 0.29) is 12.0 Å². The van der Waals surface area contributed by atoms with Gasteiger partial charge < -0.3 is 9.72 Å². The predicted molar refractivity (Wildman–Crippen MR) is 123 cm³/mol. The van der Waals surface area contributed by atoms with Crippen molar-refractivity contribution in [2.24, 2.45) is 5.92 Å². The molecule has 4 rings (SSSR count). The number of benzene rings is 2. The number of hydrogen-bond donors (Lipinski definition) is 1. The quantitative estimate of drug-likeness (QED) is 0.604. The summed E-state index contributed by atoms with van der Waals surface area (Å²) < 4.78 is 6.62. The summed E-state index contributed by atoms with van der Waals surface area (Å²) in [4.78, 5) is 53.6. The maximum absolute atomic E-state index is 12.8. The minimum absolute atomic E-state index is 0.195. The van der Waals surface area contributed by atoms with Gasteiger partial charge in [0.25, 0.3) is 11.5 Å². The van der Waals surface area contributed by atoms with Gasteiger partial charge in [-0.25, -0.2) is 9.59 Å². The van der Waals surface area contributed by atoms with Crippen LogP contribution in [0.4, 0.5) is 0 Å². The minimum atomic E-state index is -0.838. The minimum Gasteiger partial charge on any atom is -0.455 e. The van der Waals surface area contributed by atoms with Gasteiger partial charge in [-0.3, -0.25) is 9.59 Å². The molecule has 1 aliphatic rings. The highest BCUT2D eigenvalue weighted by Crippen LogP contribution is 2.38. The Kier molecular flexibility index (Phi) is 6.40. The summed E-state index contributed by atoms with van der Waals surface area (Å²) in [6, 6.07) is 18.2. The zero-order valence-electron chi connectivity index (χ0n) is 18.5. The van der Waals surface area contributed by atoms with Crippen molar-refractivity contribution in [1.82, 2.24) is 9.55 Å². The first-order valence-electron chi connectivity index (χ1n) is 11.1. The number of carbonyl (C=O) groups is 2. The first-order valence-corrected chi connectivity index (χ1v) is 11.1. The van der Waals surface area contributed by atoms with Crippen LogP contribution in [0.25, 0.3) is 0 Å². The molecule has 1 aromatic heterocycles. The standard InChI is InChI=1S/C26H26N2O5/c1-18-9-8-14-26(16-18,33-24(31)20-12-6-3-7-13-20)17-21-15-22(29)28(25(32)27-21)23(30)19-10-4-2-5-11-19/h2-7,10-13,15,18H,8-9,14,16-17H2,1H3,(H,27,32)/t18-,26+/m0/s1. The van der Waals surface area contributed by atoms with Gasteiger partial charge in [-0.1, -0.05) is 49.7 Å². The molecule has 3 aromatic rings. The number of hydrogen-bond acceptors (Lipinski definition) is 5. The molecule has 0 amide bonds. The molecule has 7 heteroatoms. The highest BCUT2D eigenvalue weighted by atomic mass is 16.6. The summed E-state index contributed by atoms with van der Waals surface area (Å²) in [5.74, 6) is -0.793. The summed E-state index contributed by atoms with van der Waals surface area (Å²) in [7, 11) is 0. The van der Waals surface area contributed by atoms with Crippen LogP contribution in [0.1, 0.15) is 59.0 Å². The molecule has 1 aliphatic carbocycles. The van der Waals surface area contributed by atoms with Crippen molar-refractivity contribution in [3.63, 3.8) is 0 Å². The van der Waals surface area contributed by atoms with Crippen molar-refractivity contribution in [1.29, 1.82) is 0 Å². The SMILES string of the molecule is C[C@H]1CCC[C@@](Cc2cc(=O)n(C(=O)c3ccccc3)c(=O)[nH]2)(OC(=O)c2ccccc2)C1. The van der Waals surface area contributed by atoms with Crippen LogP contribution in [0.3, 0.4) is 0 Å². The third-order valence-electron chi connectivity index (χ3n) is 6.09. The molecule has 1 saturated carbocycles. The van der Waals surface area contributed by atoms with Gasteiger partial charge in [0.15, 0.2) is 0 Å². The van der Waals surface area contributed by atoms with E-state index in [2.05, 4.69) is 11.9 Å². The van der Waals surface area contributed by atoms with Gasteiger partial charge in [-0.15, -0.1) is 0 Å². The van der Waals surface area contributed by atoms with Crippen LogP contribution in [0.15, 0.2) is 76.3 Å². The lowest BCUT2D eigenvalue weighted by Gasteiger charge is -2.39. The van der Waals surface area contributed by atoms with E-state index < -0.39 is 28.7 Å². The second-order valence-corrected chi connectivity index (χ2v) is 8.76. The number of aromatic nitrogens is 2. The molecule has 0 spiro atoms. The van der Waals surface area contributed by atoms with Gasteiger partial charge in [-0.2, -0.15) is 4.57 Å². The zero-order chi connectivity index (χ0) is 23.4. The van der Waals surface area contributed by atoms with E-state index in [0.29, 0.717) is 34.6 Å². The lowest BCUT2D eigenvalue weighted by molar-refractivity contribution is -0.0476. The molecule has 2 atom stereocenters. The number of nitrogens with one attached hydrogen (secondary N) is 1. The van der Waals surface area contributed by atoms with Crippen LogP contribution in [-0.2, 0) is 11.2 Å². The molecule has 7 nitrogen and oxygen atoms in total. The van der Waals surface area contributed by atoms with Crippen LogP contribution < -0.4 is 11.2 Å². The Balaban J connectivity index is 1.64. The Morgan fingerprint density at radius 2 is 1.67 bits per heavy atom. The fraction of sp³-hybridized carbons (Fsp3) is 0.308. The normalized spacial score (nSPS) is 20.2. The molecular formula is C26H26N2O5. The Hall–Kier alpha value is -3.74. The molecule has 1 N–H and O–H groups in total. The second-order valence-electron chi connectivity index (χ2n) is 8.76. The molecule has 0 radical (unpaired) electrons. The molecule has 0 aliphatic heterocycles. The number of aromatic amines is 1. The van der Waals surface area contributed by atoms with E-state index in [4.69, 9.17) is 4.74 Å². The molecule has 1 heterocycles. The van der Waals surface area contributed by atoms with Crippen molar-refractivity contribution >= 4 is 11.9 Å². The van der Waals surface area contributed by atoms with Crippen LogP contribution >= 0.6 is 0 Å². The van der Waals surface area contributed by atoms with Crippen LogP contribution in [0, 0.1) is 5.92 Å². The van der Waals surface area contributed by atoms with Gasteiger partial charge in [0, 0.05) is 23.7 Å². The number of carbonyl (C=O) groups excluding carboxylic acids is 2. The number of H-pyrrole nitrogens is 1. The largest absolute Gasteiger partial charge is 0.455 e. The van der Waals surface area contributed by atoms with E-state index in [1.165, 1.54) is 6.07 Å². The van der Waals surface area contributed by atoms with Crippen molar-refractivity contribution in [3.05, 3.63) is 104 Å². The summed E-state index contributed by atoms with van der Waals surface area (Å²) in [6.07, 6.45) is 3.34. The van der Waals surface area contributed by atoms with Gasteiger partial charge >= 0.3 is 11.7 Å². The number of nitrogens with zero attached hydrogens (tertiary/aromatic N) is 1. The molecular weight excluding hydrogens is 420 g/mol. The predicted octanol–water partition coefficient (Wildman–Crippen LogP) is 3.57. The molecule has 0 saturated heterocycles. The van der Waals surface area contributed by atoms with Crippen molar-refractivity contribution < 1.29 is 14.3 Å². The lowest BCUT2D eigenvalue weighted by Crippen LogP contribution is -2.44. The highest BCUT2D eigenvalue weighted by Gasteiger charge is 2.39. The molecule has 0 unspecified atom stereocenters. The number of esters is 1. The van der Waals surface area contributed by atoms with E-state index in [1.807, 2.05) is 6.07 Å². The van der Waals surface area contributed by atoms with Crippen LogP contribution in [-0.4, -0.2) is 27.0 Å². The lowest BCUT2D eigenvalue weighted by atomic mass is 9.76. The molecule has 170 valence electrons. The van der Waals surface area contributed by atoms with E-state index >= 15 is 0 Å².